The molecule has 2 aromatic carbocycles. The first kappa shape index (κ1) is 24.8. The van der Waals surface area contributed by atoms with Gasteiger partial charge in [0.2, 0.25) is 0 Å². The van der Waals surface area contributed by atoms with E-state index in [-0.39, 0.29) is 30.5 Å². The average molecular weight is 465 g/mol. The van der Waals surface area contributed by atoms with Crippen LogP contribution < -0.4 is 26.6 Å². The van der Waals surface area contributed by atoms with Gasteiger partial charge in [-0.3, -0.25) is 19.1 Å². The lowest BCUT2D eigenvalue weighted by atomic mass is 10.1. The Labute approximate surface area is 199 Å². The van der Waals surface area contributed by atoms with E-state index in [2.05, 4.69) is 4.98 Å². The summed E-state index contributed by atoms with van der Waals surface area (Å²) >= 11 is 0. The van der Waals surface area contributed by atoms with Gasteiger partial charge in [0.1, 0.15) is 11.6 Å². The van der Waals surface area contributed by atoms with E-state index in [4.69, 9.17) is 10.5 Å². The number of aryl methyl sites for hydroxylation is 1. The zero-order valence-corrected chi connectivity index (χ0v) is 20.1. The molecular weight excluding hydrogens is 432 g/mol. The van der Waals surface area contributed by atoms with Gasteiger partial charge in [0, 0.05) is 6.54 Å². The Bertz CT molecular complexity index is 1250. The number of amides is 1. The van der Waals surface area contributed by atoms with E-state index in [1.165, 1.54) is 9.47 Å². The van der Waals surface area contributed by atoms with Crippen molar-refractivity contribution in [2.24, 2.45) is 5.92 Å². The number of rotatable bonds is 9. The number of benzene rings is 2. The number of ether oxygens (including phenoxy) is 1. The van der Waals surface area contributed by atoms with Gasteiger partial charge in [0.05, 0.1) is 6.54 Å². The third kappa shape index (κ3) is 5.95. The molecule has 1 heterocycles. The van der Waals surface area contributed by atoms with Gasteiger partial charge < -0.3 is 15.4 Å². The fourth-order valence-electron chi connectivity index (χ4n) is 3.64. The fourth-order valence-corrected chi connectivity index (χ4v) is 3.64. The molecule has 3 aromatic rings. The van der Waals surface area contributed by atoms with E-state index in [1.54, 1.807) is 13.0 Å². The summed E-state index contributed by atoms with van der Waals surface area (Å²) in [6, 6.07) is 16.7. The van der Waals surface area contributed by atoms with Crippen LogP contribution in [0.4, 0.5) is 11.5 Å². The van der Waals surface area contributed by atoms with Crippen LogP contribution in [-0.2, 0) is 11.3 Å². The summed E-state index contributed by atoms with van der Waals surface area (Å²) in [5.74, 6) is 0.362. The first-order chi connectivity index (χ1) is 16.2. The first-order valence-electron chi connectivity index (χ1n) is 11.4. The molecule has 8 heteroatoms. The third-order valence-electron chi connectivity index (χ3n) is 5.51. The van der Waals surface area contributed by atoms with E-state index < -0.39 is 23.3 Å². The molecule has 1 amide bonds. The van der Waals surface area contributed by atoms with Gasteiger partial charge in [-0.05, 0) is 49.4 Å². The van der Waals surface area contributed by atoms with Gasteiger partial charge >= 0.3 is 5.69 Å². The van der Waals surface area contributed by atoms with E-state index >= 15 is 0 Å². The number of aromatic amines is 1. The molecule has 0 bridgehead atoms. The highest BCUT2D eigenvalue weighted by atomic mass is 16.5. The second-order valence-electron chi connectivity index (χ2n) is 8.81. The van der Waals surface area contributed by atoms with Crippen LogP contribution in [-0.4, -0.2) is 28.1 Å². The van der Waals surface area contributed by atoms with Crippen molar-refractivity contribution in [3.8, 4) is 5.75 Å². The van der Waals surface area contributed by atoms with Crippen molar-refractivity contribution in [1.82, 2.24) is 9.55 Å². The molecule has 1 atom stereocenters. The predicted octanol–water partition coefficient (Wildman–Crippen LogP) is 3.32. The summed E-state index contributed by atoms with van der Waals surface area (Å²) in [5, 5.41) is 0. The van der Waals surface area contributed by atoms with Gasteiger partial charge in [-0.25, -0.2) is 4.79 Å². The molecule has 1 unspecified atom stereocenters. The number of hydrogen-bond donors (Lipinski definition) is 2. The SMILES string of the molecule is Cc1cccc(OC(C)C(=O)N(CCC(C)C)c2c(N)n(Cc3ccccc3)c(=O)[nH]c2=O)c1. The van der Waals surface area contributed by atoms with Gasteiger partial charge in [0.15, 0.2) is 11.8 Å². The number of hydrogen-bond acceptors (Lipinski definition) is 5. The standard InChI is InChI=1S/C26H32N4O4/c1-17(2)13-14-29(25(32)19(4)34-21-12-8-9-18(3)15-21)22-23(27)30(26(33)28-24(22)31)16-20-10-6-5-7-11-20/h5-12,15,17,19H,13-14,16,27H2,1-4H3,(H,28,31,33). The van der Waals surface area contributed by atoms with Crippen molar-refractivity contribution in [3.63, 3.8) is 0 Å². The van der Waals surface area contributed by atoms with Crippen molar-refractivity contribution in [1.29, 1.82) is 0 Å². The van der Waals surface area contributed by atoms with Gasteiger partial charge in [0.25, 0.3) is 11.5 Å². The summed E-state index contributed by atoms with van der Waals surface area (Å²) in [4.78, 5) is 42.7. The summed E-state index contributed by atoms with van der Waals surface area (Å²) < 4.78 is 7.15. The molecule has 1 aromatic heterocycles. The molecule has 3 rings (SSSR count). The summed E-state index contributed by atoms with van der Waals surface area (Å²) in [6.07, 6.45) is -0.234. The number of nitrogens with two attached hydrogens (primary N) is 1. The normalized spacial score (nSPS) is 11.9. The lowest BCUT2D eigenvalue weighted by molar-refractivity contribution is -0.124. The summed E-state index contributed by atoms with van der Waals surface area (Å²) in [7, 11) is 0. The number of anilines is 2. The predicted molar refractivity (Wildman–Crippen MR) is 134 cm³/mol. The van der Waals surface area contributed by atoms with Crippen LogP contribution in [0.25, 0.3) is 0 Å². The molecule has 0 aliphatic carbocycles. The van der Waals surface area contributed by atoms with Crippen molar-refractivity contribution >= 4 is 17.4 Å². The van der Waals surface area contributed by atoms with Crippen LogP contribution >= 0.6 is 0 Å². The molecule has 0 saturated carbocycles. The molecule has 0 radical (unpaired) electrons. The Morgan fingerprint density at radius 3 is 2.44 bits per heavy atom. The van der Waals surface area contributed by atoms with Crippen LogP contribution in [0.1, 0.15) is 38.3 Å². The third-order valence-corrected chi connectivity index (χ3v) is 5.51. The van der Waals surface area contributed by atoms with Crippen LogP contribution in [0, 0.1) is 12.8 Å². The minimum Gasteiger partial charge on any atom is -0.481 e. The number of carbonyl (C=O) groups excluding carboxylic acids is 1. The Balaban J connectivity index is 2.00. The molecule has 3 N–H and O–H groups in total. The van der Waals surface area contributed by atoms with Crippen LogP contribution in [0.5, 0.6) is 5.75 Å². The van der Waals surface area contributed by atoms with Crippen LogP contribution in [0.2, 0.25) is 0 Å². The van der Waals surface area contributed by atoms with Crippen molar-refractivity contribution in [2.45, 2.75) is 46.8 Å². The quantitative estimate of drug-likeness (QED) is 0.505. The van der Waals surface area contributed by atoms with Crippen molar-refractivity contribution in [3.05, 3.63) is 86.6 Å². The largest absolute Gasteiger partial charge is 0.481 e. The second-order valence-corrected chi connectivity index (χ2v) is 8.81. The lowest BCUT2D eigenvalue weighted by Crippen LogP contribution is -2.46. The van der Waals surface area contributed by atoms with Gasteiger partial charge in [-0.2, -0.15) is 0 Å². The van der Waals surface area contributed by atoms with E-state index in [0.29, 0.717) is 12.2 Å². The first-order valence-corrected chi connectivity index (χ1v) is 11.4. The Hall–Kier alpha value is -3.81. The lowest BCUT2D eigenvalue weighted by Gasteiger charge is -2.28. The molecule has 0 fully saturated rings. The number of nitrogen functional groups attached to an aromatic ring is 1. The topological polar surface area (TPSA) is 110 Å². The molecule has 8 nitrogen and oxygen atoms in total. The monoisotopic (exact) mass is 464 g/mol. The number of carbonyl (C=O) groups is 1. The zero-order valence-electron chi connectivity index (χ0n) is 20.1. The maximum atomic E-state index is 13.5. The molecule has 0 aliphatic rings. The number of nitrogens with zero attached hydrogens (tertiary/aromatic N) is 2. The second kappa shape index (κ2) is 10.9. The van der Waals surface area contributed by atoms with Gasteiger partial charge in [-0.15, -0.1) is 0 Å². The Morgan fingerprint density at radius 2 is 1.79 bits per heavy atom. The van der Waals surface area contributed by atoms with E-state index in [9.17, 15) is 14.4 Å². The average Bonchev–Trinajstić information content (AvgIpc) is 2.78. The smallest absolute Gasteiger partial charge is 0.330 e. The van der Waals surface area contributed by atoms with Crippen molar-refractivity contribution < 1.29 is 9.53 Å². The minimum atomic E-state index is -0.873. The maximum absolute atomic E-state index is 13.5. The molecular formula is C26H32N4O4. The molecule has 0 aliphatic heterocycles. The number of nitrogens with one attached hydrogen (secondary N) is 1. The van der Waals surface area contributed by atoms with E-state index in [1.807, 2.05) is 69.3 Å². The zero-order chi connectivity index (χ0) is 24.8. The number of H-pyrrole nitrogens is 1. The maximum Gasteiger partial charge on any atom is 0.330 e. The Kier molecular flexibility index (Phi) is 7.94. The molecule has 180 valence electrons. The summed E-state index contributed by atoms with van der Waals surface area (Å²) in [6.45, 7) is 8.05. The van der Waals surface area contributed by atoms with Gasteiger partial charge in [-0.1, -0.05) is 56.3 Å². The minimum absolute atomic E-state index is 0.0409. The van der Waals surface area contributed by atoms with Crippen molar-refractivity contribution in [2.75, 3.05) is 17.2 Å². The highest BCUT2D eigenvalue weighted by Crippen LogP contribution is 2.22. The summed E-state index contributed by atoms with van der Waals surface area (Å²) in [5.41, 5.74) is 6.83. The number of aromatic nitrogens is 2. The van der Waals surface area contributed by atoms with Crippen LogP contribution in [0.3, 0.4) is 0 Å². The highest BCUT2D eigenvalue weighted by molar-refractivity contribution is 5.98. The highest BCUT2D eigenvalue weighted by Gasteiger charge is 2.29. The fraction of sp³-hybridized carbons (Fsp3) is 0.346. The van der Waals surface area contributed by atoms with E-state index in [0.717, 1.165) is 11.1 Å². The van der Waals surface area contributed by atoms with Crippen LogP contribution in [0.15, 0.2) is 64.2 Å². The molecule has 0 saturated heterocycles. The Morgan fingerprint density at radius 1 is 1.09 bits per heavy atom. The molecule has 0 spiro atoms. The molecule has 34 heavy (non-hydrogen) atoms.